The molecule has 2 atom stereocenters. The molecule has 0 spiro atoms. The van der Waals surface area contributed by atoms with Gasteiger partial charge < -0.3 is 11.1 Å². The van der Waals surface area contributed by atoms with Crippen molar-refractivity contribution in [3.63, 3.8) is 0 Å². The van der Waals surface area contributed by atoms with Crippen molar-refractivity contribution in [3.05, 3.63) is 21.9 Å². The van der Waals surface area contributed by atoms with Crippen LogP contribution in [0.2, 0.25) is 0 Å². The van der Waals surface area contributed by atoms with Gasteiger partial charge in [0.1, 0.15) is 4.88 Å². The lowest BCUT2D eigenvalue weighted by molar-refractivity contribution is 0.0937. The third kappa shape index (κ3) is 4.09. The summed E-state index contributed by atoms with van der Waals surface area (Å²) < 4.78 is 0. The molecule has 0 aromatic carbocycles. The number of carbonyl (C=O) groups excluding carboxylic acids is 1. The Kier molecular flexibility index (Phi) is 5.63. The summed E-state index contributed by atoms with van der Waals surface area (Å²) in [5, 5.41) is 5.08. The van der Waals surface area contributed by atoms with Crippen molar-refractivity contribution in [1.82, 2.24) is 5.32 Å². The van der Waals surface area contributed by atoms with E-state index in [1.807, 2.05) is 11.4 Å². The Morgan fingerprint density at radius 1 is 1.45 bits per heavy atom. The van der Waals surface area contributed by atoms with Gasteiger partial charge in [-0.25, -0.2) is 0 Å². The highest BCUT2D eigenvalue weighted by molar-refractivity contribution is 7.12. The molecule has 3 nitrogen and oxygen atoms in total. The van der Waals surface area contributed by atoms with Gasteiger partial charge in [0, 0.05) is 11.6 Å². The predicted molar refractivity (Wildman–Crippen MR) is 83.8 cm³/mol. The Morgan fingerprint density at radius 3 is 3.10 bits per heavy atom. The number of thiophene rings is 1. The van der Waals surface area contributed by atoms with Crippen LogP contribution in [-0.4, -0.2) is 18.5 Å². The number of rotatable bonds is 2. The minimum Gasteiger partial charge on any atom is -0.349 e. The van der Waals surface area contributed by atoms with Gasteiger partial charge in [0.05, 0.1) is 6.54 Å². The maximum atomic E-state index is 12.4. The SMILES string of the molecule is CC1CCCC(NC(=O)c2sccc2C#CCN)CC1. The average molecular weight is 290 g/mol. The third-order valence-electron chi connectivity index (χ3n) is 3.79. The zero-order chi connectivity index (χ0) is 14.4. The van der Waals surface area contributed by atoms with E-state index in [2.05, 4.69) is 24.1 Å². The van der Waals surface area contributed by atoms with Crippen LogP contribution in [0.4, 0.5) is 0 Å². The molecule has 1 saturated carbocycles. The van der Waals surface area contributed by atoms with Crippen LogP contribution in [0.3, 0.4) is 0 Å². The highest BCUT2D eigenvalue weighted by Crippen LogP contribution is 2.23. The summed E-state index contributed by atoms with van der Waals surface area (Å²) in [7, 11) is 0. The molecule has 1 heterocycles. The Balaban J connectivity index is 1.99. The van der Waals surface area contributed by atoms with Crippen molar-refractivity contribution in [2.75, 3.05) is 6.54 Å². The molecule has 0 aliphatic heterocycles. The van der Waals surface area contributed by atoms with E-state index in [1.54, 1.807) is 0 Å². The number of hydrogen-bond acceptors (Lipinski definition) is 3. The van der Waals surface area contributed by atoms with Gasteiger partial charge >= 0.3 is 0 Å². The largest absolute Gasteiger partial charge is 0.349 e. The molecular weight excluding hydrogens is 268 g/mol. The smallest absolute Gasteiger partial charge is 0.262 e. The number of nitrogens with one attached hydrogen (secondary N) is 1. The predicted octanol–water partition coefficient (Wildman–Crippen LogP) is 2.76. The van der Waals surface area contributed by atoms with Gasteiger partial charge in [-0.15, -0.1) is 11.3 Å². The van der Waals surface area contributed by atoms with E-state index in [0.29, 0.717) is 17.5 Å². The van der Waals surface area contributed by atoms with E-state index in [1.165, 1.54) is 30.6 Å². The van der Waals surface area contributed by atoms with Gasteiger partial charge in [0.2, 0.25) is 0 Å². The van der Waals surface area contributed by atoms with E-state index < -0.39 is 0 Å². The molecule has 1 aromatic heterocycles. The van der Waals surface area contributed by atoms with Gasteiger partial charge in [0.25, 0.3) is 5.91 Å². The number of hydrogen-bond donors (Lipinski definition) is 2. The molecule has 1 aromatic rings. The zero-order valence-corrected chi connectivity index (χ0v) is 12.8. The lowest BCUT2D eigenvalue weighted by atomic mass is 10.0. The molecule has 1 aliphatic rings. The van der Waals surface area contributed by atoms with Crippen LogP contribution in [0.15, 0.2) is 11.4 Å². The Morgan fingerprint density at radius 2 is 2.30 bits per heavy atom. The van der Waals surface area contributed by atoms with E-state index >= 15 is 0 Å². The fourth-order valence-electron chi connectivity index (χ4n) is 2.61. The van der Waals surface area contributed by atoms with Crippen LogP contribution in [0, 0.1) is 17.8 Å². The van der Waals surface area contributed by atoms with Crippen LogP contribution in [-0.2, 0) is 0 Å². The minimum atomic E-state index is 0.0147. The average Bonchev–Trinajstić information content (AvgIpc) is 2.81. The highest BCUT2D eigenvalue weighted by atomic mass is 32.1. The molecule has 0 bridgehead atoms. The van der Waals surface area contributed by atoms with Crippen molar-refractivity contribution in [2.45, 2.75) is 45.1 Å². The summed E-state index contributed by atoms with van der Waals surface area (Å²) in [6, 6.07) is 2.20. The van der Waals surface area contributed by atoms with Crippen molar-refractivity contribution >= 4 is 17.2 Å². The fourth-order valence-corrected chi connectivity index (χ4v) is 3.36. The van der Waals surface area contributed by atoms with E-state index in [0.717, 1.165) is 24.3 Å². The molecule has 2 rings (SSSR count). The number of nitrogens with two attached hydrogens (primary N) is 1. The van der Waals surface area contributed by atoms with Crippen molar-refractivity contribution in [3.8, 4) is 11.8 Å². The maximum absolute atomic E-state index is 12.4. The Hall–Kier alpha value is -1.31. The Bertz CT molecular complexity index is 512. The first kappa shape index (κ1) is 15.1. The van der Waals surface area contributed by atoms with E-state index in [4.69, 9.17) is 5.73 Å². The van der Waals surface area contributed by atoms with Crippen molar-refractivity contribution in [2.24, 2.45) is 11.7 Å². The molecule has 2 unspecified atom stereocenters. The summed E-state index contributed by atoms with van der Waals surface area (Å²) in [5.74, 6) is 6.57. The molecule has 108 valence electrons. The maximum Gasteiger partial charge on any atom is 0.262 e. The fraction of sp³-hybridized carbons (Fsp3) is 0.562. The minimum absolute atomic E-state index is 0.0147. The lowest BCUT2D eigenvalue weighted by Gasteiger charge is -2.16. The van der Waals surface area contributed by atoms with Crippen LogP contribution in [0.25, 0.3) is 0 Å². The normalized spacial score (nSPS) is 22.5. The molecule has 4 heteroatoms. The van der Waals surface area contributed by atoms with Gasteiger partial charge in [-0.1, -0.05) is 31.6 Å². The van der Waals surface area contributed by atoms with Crippen LogP contribution >= 0.6 is 11.3 Å². The molecular formula is C16H22N2OS. The molecule has 3 N–H and O–H groups in total. The second kappa shape index (κ2) is 7.47. The van der Waals surface area contributed by atoms with Crippen LogP contribution < -0.4 is 11.1 Å². The summed E-state index contributed by atoms with van der Waals surface area (Å²) in [6.45, 7) is 2.61. The quantitative estimate of drug-likeness (QED) is 0.650. The van der Waals surface area contributed by atoms with Gasteiger partial charge in [-0.2, -0.15) is 0 Å². The van der Waals surface area contributed by atoms with Crippen LogP contribution in [0.5, 0.6) is 0 Å². The first-order valence-electron chi connectivity index (χ1n) is 7.28. The van der Waals surface area contributed by atoms with Crippen LogP contribution in [0.1, 0.15) is 54.3 Å². The summed E-state index contributed by atoms with van der Waals surface area (Å²) in [4.78, 5) is 13.1. The van der Waals surface area contributed by atoms with E-state index in [9.17, 15) is 4.79 Å². The Labute approximate surface area is 124 Å². The van der Waals surface area contributed by atoms with Gasteiger partial charge in [-0.3, -0.25) is 4.79 Å². The summed E-state index contributed by atoms with van der Waals surface area (Å²) >= 11 is 1.45. The first-order valence-corrected chi connectivity index (χ1v) is 8.16. The topological polar surface area (TPSA) is 55.1 Å². The van der Waals surface area contributed by atoms with E-state index in [-0.39, 0.29) is 5.91 Å². The summed E-state index contributed by atoms with van der Waals surface area (Å²) in [5.41, 5.74) is 6.17. The second-order valence-electron chi connectivity index (χ2n) is 5.45. The van der Waals surface area contributed by atoms with Crippen molar-refractivity contribution < 1.29 is 4.79 Å². The van der Waals surface area contributed by atoms with Gasteiger partial charge in [0.15, 0.2) is 0 Å². The van der Waals surface area contributed by atoms with Crippen molar-refractivity contribution in [1.29, 1.82) is 0 Å². The summed E-state index contributed by atoms with van der Waals surface area (Å²) in [6.07, 6.45) is 5.86. The number of carbonyl (C=O) groups is 1. The standard InChI is InChI=1S/C16H22N2OS/c1-12-4-2-6-14(8-7-12)18-16(19)15-13(5-3-10-17)9-11-20-15/h9,11-12,14H,2,4,6-8,10,17H2,1H3,(H,18,19). The highest BCUT2D eigenvalue weighted by Gasteiger charge is 2.20. The first-order chi connectivity index (χ1) is 9.70. The molecule has 20 heavy (non-hydrogen) atoms. The monoisotopic (exact) mass is 290 g/mol. The lowest BCUT2D eigenvalue weighted by Crippen LogP contribution is -2.34. The molecule has 0 radical (unpaired) electrons. The number of amides is 1. The zero-order valence-electron chi connectivity index (χ0n) is 11.9. The molecule has 1 fully saturated rings. The molecule has 1 amide bonds. The third-order valence-corrected chi connectivity index (χ3v) is 4.70. The molecule has 1 aliphatic carbocycles. The second-order valence-corrected chi connectivity index (χ2v) is 6.37. The van der Waals surface area contributed by atoms with Gasteiger partial charge in [-0.05, 0) is 36.6 Å². The molecule has 0 saturated heterocycles.